The van der Waals surface area contributed by atoms with Gasteiger partial charge in [-0.1, -0.05) is 24.4 Å². The van der Waals surface area contributed by atoms with Gasteiger partial charge < -0.3 is 9.84 Å². The topological polar surface area (TPSA) is 101 Å². The fraction of sp³-hybridized carbons (Fsp3) is 0.500. The summed E-state index contributed by atoms with van der Waals surface area (Å²) in [6.07, 6.45) is 4.96. The number of nitrogens with one attached hydrogen (secondary N) is 2. The van der Waals surface area contributed by atoms with Crippen LogP contribution < -0.4 is 10.0 Å². The van der Waals surface area contributed by atoms with E-state index in [1.165, 1.54) is 6.07 Å². The van der Waals surface area contributed by atoms with Crippen molar-refractivity contribution < 1.29 is 17.7 Å². The molecular weight excluding hydrogens is 362 g/mol. The number of carbonyl (C=O) groups excluding carboxylic acids is 1. The number of rotatable bonds is 5. The second-order valence-electron chi connectivity index (χ2n) is 6.26. The summed E-state index contributed by atoms with van der Waals surface area (Å²) in [7, 11) is -3.63. The van der Waals surface area contributed by atoms with Crippen LogP contribution in [-0.2, 0) is 10.0 Å². The number of hydrogen-bond acceptors (Lipinski definition) is 6. The van der Waals surface area contributed by atoms with E-state index in [0.717, 1.165) is 43.4 Å². The summed E-state index contributed by atoms with van der Waals surface area (Å²) >= 11 is 1.15. The number of hydrogen-bond donors (Lipinski definition) is 2. The molecule has 0 aromatic carbocycles. The van der Waals surface area contributed by atoms with Gasteiger partial charge in [0.2, 0.25) is 10.0 Å². The van der Waals surface area contributed by atoms with E-state index in [1.54, 1.807) is 19.9 Å². The Morgan fingerprint density at radius 2 is 1.96 bits per heavy atom. The number of carbonyl (C=O) groups is 1. The van der Waals surface area contributed by atoms with Crippen LogP contribution >= 0.6 is 11.3 Å². The predicted molar refractivity (Wildman–Crippen MR) is 95.4 cm³/mol. The summed E-state index contributed by atoms with van der Waals surface area (Å²) in [5.74, 6) is 0.483. The van der Waals surface area contributed by atoms with Crippen LogP contribution in [0.4, 0.5) is 5.82 Å². The van der Waals surface area contributed by atoms with Gasteiger partial charge in [-0.25, -0.2) is 13.1 Å². The van der Waals surface area contributed by atoms with Crippen LogP contribution in [0.1, 0.15) is 52.4 Å². The number of nitrogens with zero attached hydrogens (tertiary/aromatic N) is 1. The minimum Gasteiger partial charge on any atom is -0.360 e. The number of anilines is 1. The Labute approximate surface area is 150 Å². The quantitative estimate of drug-likeness (QED) is 0.825. The monoisotopic (exact) mass is 383 g/mol. The van der Waals surface area contributed by atoms with Gasteiger partial charge in [0.15, 0.2) is 5.82 Å². The lowest BCUT2D eigenvalue weighted by molar-refractivity contribution is 0.102. The van der Waals surface area contributed by atoms with Crippen LogP contribution in [-0.4, -0.2) is 25.5 Å². The Morgan fingerprint density at radius 1 is 1.24 bits per heavy atom. The maximum atomic E-state index is 12.7. The second kappa shape index (κ2) is 7.27. The zero-order chi connectivity index (χ0) is 18.0. The van der Waals surface area contributed by atoms with Gasteiger partial charge in [0.25, 0.3) is 5.91 Å². The molecule has 1 aliphatic carbocycles. The minimum atomic E-state index is -3.63. The molecule has 2 aromatic rings. The molecule has 9 heteroatoms. The first-order valence-corrected chi connectivity index (χ1v) is 10.5. The Balaban J connectivity index is 1.75. The zero-order valence-electron chi connectivity index (χ0n) is 14.2. The summed E-state index contributed by atoms with van der Waals surface area (Å²) in [6.45, 7) is 3.43. The third-order valence-corrected chi connectivity index (χ3v) is 7.01. The average Bonchev–Trinajstić information content (AvgIpc) is 3.14. The van der Waals surface area contributed by atoms with E-state index in [-0.39, 0.29) is 10.9 Å². The molecule has 2 aromatic heterocycles. The van der Waals surface area contributed by atoms with Crippen LogP contribution in [0.2, 0.25) is 0 Å². The van der Waals surface area contributed by atoms with E-state index < -0.39 is 15.9 Å². The number of amides is 1. The predicted octanol–water partition coefficient (Wildman–Crippen LogP) is 3.22. The molecule has 1 aliphatic rings. The molecule has 2 N–H and O–H groups in total. The van der Waals surface area contributed by atoms with E-state index in [0.29, 0.717) is 21.3 Å². The van der Waals surface area contributed by atoms with Crippen LogP contribution in [0.3, 0.4) is 0 Å². The summed E-state index contributed by atoms with van der Waals surface area (Å²) in [5.41, 5.74) is 0. The lowest BCUT2D eigenvalue weighted by atomic mass is 9.96. The third-order valence-electron chi connectivity index (χ3n) is 4.18. The van der Waals surface area contributed by atoms with Crippen molar-refractivity contribution in [3.63, 3.8) is 0 Å². The zero-order valence-corrected chi connectivity index (χ0v) is 15.8. The maximum absolute atomic E-state index is 12.7. The van der Waals surface area contributed by atoms with Crippen LogP contribution in [0, 0.1) is 13.8 Å². The molecule has 0 radical (unpaired) electrons. The lowest BCUT2D eigenvalue weighted by Gasteiger charge is -2.22. The smallest absolute Gasteiger partial charge is 0.267 e. The highest BCUT2D eigenvalue weighted by atomic mass is 32.2. The molecule has 0 aliphatic heterocycles. The molecule has 25 heavy (non-hydrogen) atoms. The highest BCUT2D eigenvalue weighted by Crippen LogP contribution is 2.28. The Hall–Kier alpha value is -1.71. The molecule has 1 amide bonds. The van der Waals surface area contributed by atoms with E-state index in [1.807, 2.05) is 0 Å². The van der Waals surface area contributed by atoms with Gasteiger partial charge in [0.05, 0.1) is 9.77 Å². The highest BCUT2D eigenvalue weighted by molar-refractivity contribution is 7.89. The molecule has 1 fully saturated rings. The fourth-order valence-corrected chi connectivity index (χ4v) is 5.74. The molecule has 0 spiro atoms. The maximum Gasteiger partial charge on any atom is 0.267 e. The number of thiophene rings is 1. The Bertz CT molecular complexity index is 864. The van der Waals surface area contributed by atoms with Crippen molar-refractivity contribution in [2.75, 3.05) is 5.32 Å². The molecule has 7 nitrogen and oxygen atoms in total. The first-order chi connectivity index (χ1) is 11.8. The van der Waals surface area contributed by atoms with Gasteiger partial charge >= 0.3 is 0 Å². The highest BCUT2D eigenvalue weighted by Gasteiger charge is 2.26. The lowest BCUT2D eigenvalue weighted by Crippen LogP contribution is -2.36. The number of aryl methyl sites for hydroxylation is 2. The molecular formula is C16H21N3O4S2. The van der Waals surface area contributed by atoms with Crippen molar-refractivity contribution in [2.24, 2.45) is 0 Å². The van der Waals surface area contributed by atoms with Crippen molar-refractivity contribution in [1.82, 2.24) is 9.88 Å². The van der Waals surface area contributed by atoms with Gasteiger partial charge in [-0.15, -0.1) is 11.3 Å². The van der Waals surface area contributed by atoms with E-state index in [9.17, 15) is 13.2 Å². The molecule has 0 atom stereocenters. The summed E-state index contributed by atoms with van der Waals surface area (Å²) in [4.78, 5) is 13.4. The number of aromatic nitrogens is 1. The molecule has 136 valence electrons. The summed E-state index contributed by atoms with van der Waals surface area (Å²) in [6, 6.07) is 3.00. The van der Waals surface area contributed by atoms with Gasteiger partial charge in [0.1, 0.15) is 5.76 Å². The molecule has 0 bridgehead atoms. The van der Waals surface area contributed by atoms with Crippen molar-refractivity contribution in [3.05, 3.63) is 27.6 Å². The van der Waals surface area contributed by atoms with Crippen molar-refractivity contribution >= 4 is 33.1 Å². The Morgan fingerprint density at radius 3 is 2.60 bits per heavy atom. The van der Waals surface area contributed by atoms with Gasteiger partial charge in [0, 0.05) is 17.0 Å². The van der Waals surface area contributed by atoms with Crippen LogP contribution in [0.25, 0.3) is 0 Å². The molecule has 0 saturated heterocycles. The van der Waals surface area contributed by atoms with Crippen LogP contribution in [0.15, 0.2) is 21.6 Å². The van der Waals surface area contributed by atoms with Crippen molar-refractivity contribution in [2.45, 2.75) is 56.9 Å². The van der Waals surface area contributed by atoms with E-state index in [4.69, 9.17) is 4.52 Å². The summed E-state index contributed by atoms with van der Waals surface area (Å²) < 4.78 is 33.0. The second-order valence-corrected chi connectivity index (χ2v) is 9.20. The first kappa shape index (κ1) is 18.1. The average molecular weight is 383 g/mol. The minimum absolute atomic E-state index is 0.0200. The van der Waals surface area contributed by atoms with Crippen molar-refractivity contribution in [1.29, 1.82) is 0 Å². The first-order valence-electron chi connectivity index (χ1n) is 8.22. The van der Waals surface area contributed by atoms with Crippen LogP contribution in [0.5, 0.6) is 0 Å². The van der Waals surface area contributed by atoms with E-state index in [2.05, 4.69) is 15.2 Å². The van der Waals surface area contributed by atoms with Gasteiger partial charge in [-0.2, -0.15) is 0 Å². The SMILES string of the molecule is Cc1cc(NC(=O)c2cc(S(=O)(=O)NC3CCCCC3)c(C)s2)no1. The largest absolute Gasteiger partial charge is 0.360 e. The molecule has 1 saturated carbocycles. The molecule has 0 unspecified atom stereocenters. The molecule has 2 heterocycles. The third kappa shape index (κ3) is 4.28. The fourth-order valence-electron chi connectivity index (χ4n) is 2.95. The Kier molecular flexibility index (Phi) is 5.26. The van der Waals surface area contributed by atoms with E-state index >= 15 is 0 Å². The molecule has 3 rings (SSSR count). The van der Waals surface area contributed by atoms with Gasteiger partial charge in [-0.05, 0) is 32.8 Å². The standard InChI is InChI=1S/C16H21N3O4S2/c1-10-8-15(18-23-10)17-16(20)13-9-14(11(2)24-13)25(21,22)19-12-6-4-3-5-7-12/h8-9,12,19H,3-7H2,1-2H3,(H,17,18,20). The summed E-state index contributed by atoms with van der Waals surface area (Å²) in [5, 5.41) is 6.31. The van der Waals surface area contributed by atoms with Crippen molar-refractivity contribution in [3.8, 4) is 0 Å². The normalized spacial score (nSPS) is 16.1. The van der Waals surface area contributed by atoms with Gasteiger partial charge in [-0.3, -0.25) is 4.79 Å². The number of sulfonamides is 1.